The third-order valence-corrected chi connectivity index (χ3v) is 7.40. The first kappa shape index (κ1) is 21.9. The van der Waals surface area contributed by atoms with Gasteiger partial charge in [-0.25, -0.2) is 8.42 Å². The number of piperidine rings is 1. The maximum Gasteiger partial charge on any atom is 0.246 e. The Morgan fingerprint density at radius 2 is 2.00 bits per heavy atom. The van der Waals surface area contributed by atoms with Gasteiger partial charge >= 0.3 is 0 Å². The Bertz CT molecular complexity index is 998. The molecule has 156 valence electrons. The van der Waals surface area contributed by atoms with Gasteiger partial charge in [0.25, 0.3) is 0 Å². The molecule has 9 heteroatoms. The van der Waals surface area contributed by atoms with Crippen LogP contribution in [0.1, 0.15) is 18.4 Å². The van der Waals surface area contributed by atoms with Gasteiger partial charge in [-0.1, -0.05) is 41.4 Å². The van der Waals surface area contributed by atoms with Crippen molar-refractivity contribution in [2.75, 3.05) is 20.2 Å². The van der Waals surface area contributed by atoms with E-state index in [-0.39, 0.29) is 23.1 Å². The summed E-state index contributed by atoms with van der Waals surface area (Å²) in [5.41, 5.74) is 0.812. The Kier molecular flexibility index (Phi) is 7.05. The van der Waals surface area contributed by atoms with E-state index in [4.69, 9.17) is 27.9 Å². The Balaban J connectivity index is 1.72. The minimum Gasteiger partial charge on any atom is -0.495 e. The van der Waals surface area contributed by atoms with Crippen LogP contribution in [0.4, 0.5) is 0 Å². The number of nitrogens with one attached hydrogen (secondary N) is 1. The van der Waals surface area contributed by atoms with Crippen LogP contribution in [-0.4, -0.2) is 38.8 Å². The van der Waals surface area contributed by atoms with Crippen molar-refractivity contribution in [2.24, 2.45) is 5.92 Å². The van der Waals surface area contributed by atoms with Gasteiger partial charge in [0.15, 0.2) is 0 Å². The van der Waals surface area contributed by atoms with Gasteiger partial charge in [0.2, 0.25) is 15.9 Å². The van der Waals surface area contributed by atoms with E-state index in [1.165, 1.54) is 23.5 Å². The fourth-order valence-corrected chi connectivity index (χ4v) is 5.48. The third-order valence-electron chi connectivity index (χ3n) is 4.91. The molecule has 1 heterocycles. The Morgan fingerprint density at radius 1 is 1.24 bits per heavy atom. The fraction of sp³-hybridized carbons (Fsp3) is 0.350. The topological polar surface area (TPSA) is 75.7 Å². The van der Waals surface area contributed by atoms with Crippen LogP contribution in [0.5, 0.6) is 5.75 Å². The average Bonchev–Trinajstić information content (AvgIpc) is 2.73. The van der Waals surface area contributed by atoms with E-state index >= 15 is 0 Å². The van der Waals surface area contributed by atoms with Crippen LogP contribution in [0.3, 0.4) is 0 Å². The van der Waals surface area contributed by atoms with Gasteiger partial charge in [-0.05, 0) is 42.7 Å². The number of sulfonamides is 1. The number of rotatable bonds is 6. The molecule has 0 bridgehead atoms. The summed E-state index contributed by atoms with van der Waals surface area (Å²) in [6.07, 6.45) is 1.21. The van der Waals surface area contributed by atoms with Gasteiger partial charge in [0.05, 0.1) is 13.0 Å². The Hall–Kier alpha value is -1.80. The molecular formula is C20H22Cl2N2O4S. The second-order valence-electron chi connectivity index (χ2n) is 6.81. The molecule has 1 amide bonds. The number of hydrogen-bond acceptors (Lipinski definition) is 4. The zero-order valence-corrected chi connectivity index (χ0v) is 18.2. The van der Waals surface area contributed by atoms with E-state index in [1.54, 1.807) is 12.1 Å². The van der Waals surface area contributed by atoms with Crippen LogP contribution in [0.25, 0.3) is 0 Å². The lowest BCUT2D eigenvalue weighted by Crippen LogP contribution is -2.45. The molecule has 1 saturated heterocycles. The summed E-state index contributed by atoms with van der Waals surface area (Å²) in [5, 5.41) is 3.74. The van der Waals surface area contributed by atoms with Crippen molar-refractivity contribution in [3.63, 3.8) is 0 Å². The van der Waals surface area contributed by atoms with Gasteiger partial charge in [-0.15, -0.1) is 0 Å². The van der Waals surface area contributed by atoms with Gasteiger partial charge < -0.3 is 10.1 Å². The number of nitrogens with zero attached hydrogens (tertiary/aromatic N) is 1. The molecule has 0 radical (unpaired) electrons. The highest BCUT2D eigenvalue weighted by Crippen LogP contribution is 2.32. The van der Waals surface area contributed by atoms with E-state index in [0.717, 1.165) is 5.56 Å². The van der Waals surface area contributed by atoms with Crippen molar-refractivity contribution in [2.45, 2.75) is 24.3 Å². The van der Waals surface area contributed by atoms with Crippen molar-refractivity contribution in [3.05, 3.63) is 58.1 Å². The number of benzene rings is 2. The second-order valence-corrected chi connectivity index (χ2v) is 9.56. The summed E-state index contributed by atoms with van der Waals surface area (Å²) >= 11 is 12.1. The van der Waals surface area contributed by atoms with Gasteiger partial charge in [0, 0.05) is 29.7 Å². The predicted molar refractivity (Wildman–Crippen MR) is 113 cm³/mol. The number of amides is 1. The SMILES string of the molecule is COc1ccc(Cl)cc1S(=O)(=O)N1CCC[C@H](C(=O)NCc2ccccc2Cl)C1. The predicted octanol–water partition coefficient (Wildman–Crippen LogP) is 3.72. The molecule has 3 rings (SSSR count). The van der Waals surface area contributed by atoms with E-state index in [2.05, 4.69) is 5.32 Å². The summed E-state index contributed by atoms with van der Waals surface area (Å²) in [4.78, 5) is 12.7. The molecule has 1 aliphatic rings. The Labute approximate surface area is 180 Å². The molecule has 1 aliphatic heterocycles. The number of ether oxygens (including phenoxy) is 1. The zero-order valence-electron chi connectivity index (χ0n) is 15.9. The van der Waals surface area contributed by atoms with Crippen molar-refractivity contribution in [1.82, 2.24) is 9.62 Å². The van der Waals surface area contributed by atoms with Crippen molar-refractivity contribution in [1.29, 1.82) is 0 Å². The van der Waals surface area contributed by atoms with Gasteiger partial charge in [0.1, 0.15) is 10.6 Å². The van der Waals surface area contributed by atoms with Crippen LogP contribution < -0.4 is 10.1 Å². The highest BCUT2D eigenvalue weighted by atomic mass is 35.5. The minimum absolute atomic E-state index is 0.00428. The molecule has 6 nitrogen and oxygen atoms in total. The summed E-state index contributed by atoms with van der Waals surface area (Å²) in [6.45, 7) is 0.739. The number of methoxy groups -OCH3 is 1. The quantitative estimate of drug-likeness (QED) is 0.718. The molecule has 1 atom stereocenters. The summed E-state index contributed by atoms with van der Waals surface area (Å²) in [7, 11) is -2.44. The van der Waals surface area contributed by atoms with Crippen molar-refractivity contribution < 1.29 is 17.9 Å². The van der Waals surface area contributed by atoms with E-state index in [1.807, 2.05) is 18.2 Å². The fourth-order valence-electron chi connectivity index (χ4n) is 3.33. The number of halogens is 2. The van der Waals surface area contributed by atoms with Crippen LogP contribution in [0, 0.1) is 5.92 Å². The van der Waals surface area contributed by atoms with Crippen LogP contribution in [-0.2, 0) is 21.4 Å². The molecule has 0 unspecified atom stereocenters. The summed E-state index contributed by atoms with van der Waals surface area (Å²) < 4.78 is 32.8. The first-order valence-electron chi connectivity index (χ1n) is 9.17. The van der Waals surface area contributed by atoms with E-state index in [0.29, 0.717) is 36.0 Å². The summed E-state index contributed by atoms with van der Waals surface area (Å²) in [6, 6.07) is 11.7. The Morgan fingerprint density at radius 3 is 2.72 bits per heavy atom. The average molecular weight is 457 g/mol. The molecule has 0 aromatic heterocycles. The summed E-state index contributed by atoms with van der Waals surface area (Å²) in [5.74, 6) is -0.409. The van der Waals surface area contributed by atoms with Gasteiger partial charge in [-0.2, -0.15) is 4.31 Å². The molecule has 2 aromatic rings. The lowest BCUT2D eigenvalue weighted by molar-refractivity contribution is -0.126. The van der Waals surface area contributed by atoms with Gasteiger partial charge in [-0.3, -0.25) is 4.79 Å². The maximum atomic E-state index is 13.1. The molecule has 0 spiro atoms. The highest BCUT2D eigenvalue weighted by molar-refractivity contribution is 7.89. The smallest absolute Gasteiger partial charge is 0.246 e. The minimum atomic E-state index is -3.84. The monoisotopic (exact) mass is 456 g/mol. The molecule has 0 saturated carbocycles. The first-order chi connectivity index (χ1) is 13.8. The van der Waals surface area contributed by atoms with Crippen molar-refractivity contribution >= 4 is 39.1 Å². The standard InChI is InChI=1S/C20H22Cl2N2O4S/c1-28-18-9-8-16(21)11-19(18)29(26,27)24-10-4-6-15(13-24)20(25)23-12-14-5-2-3-7-17(14)22/h2-3,5,7-9,11,15H,4,6,10,12-13H2,1H3,(H,23,25)/t15-/m0/s1. The lowest BCUT2D eigenvalue weighted by Gasteiger charge is -2.31. The maximum absolute atomic E-state index is 13.1. The van der Waals surface area contributed by atoms with Crippen LogP contribution in [0.15, 0.2) is 47.4 Å². The second kappa shape index (κ2) is 9.34. The van der Waals surface area contributed by atoms with E-state index in [9.17, 15) is 13.2 Å². The molecule has 29 heavy (non-hydrogen) atoms. The molecule has 1 N–H and O–H groups in total. The lowest BCUT2D eigenvalue weighted by atomic mass is 9.99. The number of carbonyl (C=O) groups excluding carboxylic acids is 1. The number of hydrogen-bond donors (Lipinski definition) is 1. The molecular weight excluding hydrogens is 435 g/mol. The largest absolute Gasteiger partial charge is 0.495 e. The molecule has 2 aromatic carbocycles. The zero-order chi connectivity index (χ0) is 21.0. The van der Waals surface area contributed by atoms with Crippen LogP contribution >= 0.6 is 23.2 Å². The number of carbonyl (C=O) groups is 1. The first-order valence-corrected chi connectivity index (χ1v) is 11.4. The van der Waals surface area contributed by atoms with Crippen molar-refractivity contribution in [3.8, 4) is 5.75 Å². The van der Waals surface area contributed by atoms with E-state index < -0.39 is 15.9 Å². The molecule has 1 fully saturated rings. The normalized spacial score (nSPS) is 17.7. The molecule has 0 aliphatic carbocycles. The van der Waals surface area contributed by atoms with Crippen LogP contribution in [0.2, 0.25) is 10.0 Å². The third kappa shape index (κ3) is 5.04. The highest BCUT2D eigenvalue weighted by Gasteiger charge is 2.35.